The number of benzene rings is 1. The first-order valence-corrected chi connectivity index (χ1v) is 9.05. The molecule has 0 fully saturated rings. The Kier molecular flexibility index (Phi) is 4.55. The summed E-state index contributed by atoms with van der Waals surface area (Å²) in [5.41, 5.74) is 3.79. The highest BCUT2D eigenvalue weighted by molar-refractivity contribution is 6.43. The average Bonchev–Trinajstić information content (AvgIpc) is 2.66. The molecule has 2 unspecified atom stereocenters. The topological polar surface area (TPSA) is 67.8 Å². The van der Waals surface area contributed by atoms with Crippen molar-refractivity contribution in [2.75, 3.05) is 13.7 Å². The Morgan fingerprint density at radius 1 is 1.23 bits per heavy atom. The number of nitrogens with zero attached hydrogens (tertiary/aromatic N) is 1. The van der Waals surface area contributed by atoms with Crippen molar-refractivity contribution in [1.82, 2.24) is 5.32 Å². The third-order valence-electron chi connectivity index (χ3n) is 5.27. The van der Waals surface area contributed by atoms with Crippen LogP contribution in [0.15, 0.2) is 52.6 Å². The molecule has 0 saturated heterocycles. The summed E-state index contributed by atoms with van der Waals surface area (Å²) in [5, 5.41) is 3.55. The van der Waals surface area contributed by atoms with E-state index in [4.69, 9.17) is 4.74 Å². The predicted molar refractivity (Wildman–Crippen MR) is 99.7 cm³/mol. The zero-order valence-corrected chi connectivity index (χ0v) is 14.8. The summed E-state index contributed by atoms with van der Waals surface area (Å²) in [6.07, 6.45) is 6.36. The number of rotatable bonds is 4. The molecule has 134 valence electrons. The van der Waals surface area contributed by atoms with Crippen LogP contribution in [0.3, 0.4) is 0 Å². The van der Waals surface area contributed by atoms with Crippen LogP contribution in [0.5, 0.6) is 5.75 Å². The molecule has 0 aromatic heterocycles. The van der Waals surface area contributed by atoms with E-state index in [1.165, 1.54) is 0 Å². The van der Waals surface area contributed by atoms with Gasteiger partial charge in [0.2, 0.25) is 0 Å². The minimum Gasteiger partial charge on any atom is -0.497 e. The van der Waals surface area contributed by atoms with Crippen molar-refractivity contribution in [3.05, 3.63) is 53.1 Å². The maximum absolute atomic E-state index is 12.9. The van der Waals surface area contributed by atoms with Crippen molar-refractivity contribution in [3.8, 4) is 5.75 Å². The molecule has 1 aliphatic carbocycles. The van der Waals surface area contributed by atoms with E-state index >= 15 is 0 Å². The predicted octanol–water partition coefficient (Wildman–Crippen LogP) is 2.21. The first-order chi connectivity index (χ1) is 12.6. The lowest BCUT2D eigenvalue weighted by Crippen LogP contribution is -2.52. The Balaban J connectivity index is 1.54. The van der Waals surface area contributed by atoms with E-state index in [-0.39, 0.29) is 23.7 Å². The molecule has 1 N–H and O–H groups in total. The van der Waals surface area contributed by atoms with Crippen LogP contribution < -0.4 is 10.1 Å². The maximum atomic E-state index is 12.9. The van der Waals surface area contributed by atoms with Crippen LogP contribution in [0.4, 0.5) is 0 Å². The summed E-state index contributed by atoms with van der Waals surface area (Å²) in [5.74, 6) is 1.02. The fourth-order valence-electron chi connectivity index (χ4n) is 3.88. The van der Waals surface area contributed by atoms with Gasteiger partial charge in [-0.05, 0) is 47.8 Å². The van der Waals surface area contributed by atoms with Gasteiger partial charge >= 0.3 is 0 Å². The van der Waals surface area contributed by atoms with Crippen LogP contribution in [0, 0.1) is 0 Å². The van der Waals surface area contributed by atoms with Crippen molar-refractivity contribution in [2.24, 2.45) is 4.99 Å². The summed E-state index contributed by atoms with van der Waals surface area (Å²) in [4.78, 5) is 29.1. The van der Waals surface area contributed by atoms with Crippen LogP contribution in [0.25, 0.3) is 0 Å². The van der Waals surface area contributed by atoms with E-state index in [2.05, 4.69) is 16.4 Å². The zero-order chi connectivity index (χ0) is 18.1. The molecule has 0 amide bonds. The monoisotopic (exact) mass is 350 g/mol. The van der Waals surface area contributed by atoms with Gasteiger partial charge in [-0.1, -0.05) is 18.2 Å². The number of methoxy groups -OCH3 is 1. The highest BCUT2D eigenvalue weighted by atomic mass is 16.5. The molecular weight excluding hydrogens is 328 g/mol. The molecule has 2 aliphatic heterocycles. The van der Waals surface area contributed by atoms with Gasteiger partial charge in [0, 0.05) is 25.4 Å². The molecule has 1 aromatic carbocycles. The van der Waals surface area contributed by atoms with Crippen LogP contribution >= 0.6 is 0 Å². The van der Waals surface area contributed by atoms with Gasteiger partial charge in [-0.3, -0.25) is 19.9 Å². The molecule has 1 aromatic rings. The Morgan fingerprint density at radius 2 is 2.04 bits per heavy atom. The Morgan fingerprint density at radius 3 is 2.81 bits per heavy atom. The van der Waals surface area contributed by atoms with Crippen molar-refractivity contribution in [1.29, 1.82) is 0 Å². The van der Waals surface area contributed by atoms with Crippen LogP contribution in [-0.4, -0.2) is 43.0 Å². The van der Waals surface area contributed by atoms with Crippen LogP contribution in [0.2, 0.25) is 0 Å². The van der Waals surface area contributed by atoms with E-state index in [1.807, 2.05) is 24.3 Å². The van der Waals surface area contributed by atoms with E-state index in [0.29, 0.717) is 25.1 Å². The van der Waals surface area contributed by atoms with Gasteiger partial charge in [0.1, 0.15) is 5.75 Å². The molecule has 0 bridgehead atoms. The first-order valence-electron chi connectivity index (χ1n) is 9.05. The van der Waals surface area contributed by atoms with Gasteiger partial charge in [0.25, 0.3) is 0 Å². The van der Waals surface area contributed by atoms with Crippen molar-refractivity contribution < 1.29 is 14.3 Å². The molecular formula is C21H22N2O3. The molecule has 2 heterocycles. The summed E-state index contributed by atoms with van der Waals surface area (Å²) < 4.78 is 5.16. The van der Waals surface area contributed by atoms with E-state index < -0.39 is 0 Å². The lowest BCUT2D eigenvalue weighted by atomic mass is 9.81. The van der Waals surface area contributed by atoms with Crippen molar-refractivity contribution in [3.63, 3.8) is 0 Å². The fourth-order valence-corrected chi connectivity index (χ4v) is 3.88. The summed E-state index contributed by atoms with van der Waals surface area (Å²) >= 11 is 0. The maximum Gasteiger partial charge on any atom is 0.182 e. The second kappa shape index (κ2) is 7.00. The first kappa shape index (κ1) is 16.9. The molecule has 0 spiro atoms. The lowest BCUT2D eigenvalue weighted by molar-refractivity contribution is -0.115. The normalized spacial score (nSPS) is 24.7. The standard InChI is InChI=1S/C21H22N2O3/c1-26-17-5-2-13(3-6-17)10-19(25)21-20-14(8-9-22-21)11-15-12-16(24)4-7-18(15)23-20/h2-3,5-6,11-12,18,20,23H,4,7-10H2,1H3. The van der Waals surface area contributed by atoms with Gasteiger partial charge in [-0.25, -0.2) is 0 Å². The van der Waals surface area contributed by atoms with Gasteiger partial charge in [0.15, 0.2) is 11.6 Å². The number of allylic oxidation sites excluding steroid dienone is 1. The highest BCUT2D eigenvalue weighted by Gasteiger charge is 2.35. The summed E-state index contributed by atoms with van der Waals surface area (Å²) in [7, 11) is 1.63. The second-order valence-electron chi connectivity index (χ2n) is 6.99. The molecule has 26 heavy (non-hydrogen) atoms. The molecule has 5 nitrogen and oxygen atoms in total. The highest BCUT2D eigenvalue weighted by Crippen LogP contribution is 2.29. The van der Waals surface area contributed by atoms with Gasteiger partial charge in [-0.15, -0.1) is 0 Å². The number of ketones is 2. The fraction of sp³-hybridized carbons (Fsp3) is 0.381. The van der Waals surface area contributed by atoms with Gasteiger partial charge < -0.3 is 4.74 Å². The second-order valence-corrected chi connectivity index (χ2v) is 6.99. The van der Waals surface area contributed by atoms with E-state index in [9.17, 15) is 9.59 Å². The number of hydrogen-bond acceptors (Lipinski definition) is 5. The molecule has 4 rings (SSSR count). The number of aliphatic imine (C=N–C) groups is 1. The smallest absolute Gasteiger partial charge is 0.182 e. The number of nitrogens with one attached hydrogen (secondary N) is 1. The Hall–Kier alpha value is -2.53. The average molecular weight is 350 g/mol. The summed E-state index contributed by atoms with van der Waals surface area (Å²) in [6, 6.07) is 7.58. The van der Waals surface area contributed by atoms with Crippen molar-refractivity contribution >= 4 is 17.3 Å². The van der Waals surface area contributed by atoms with E-state index in [1.54, 1.807) is 13.2 Å². The number of fused-ring (bicyclic) bond motifs is 2. The summed E-state index contributed by atoms with van der Waals surface area (Å²) in [6.45, 7) is 0.625. The van der Waals surface area contributed by atoms with Gasteiger partial charge in [0.05, 0.1) is 18.9 Å². The molecule has 3 aliphatic rings. The Bertz CT molecular complexity index is 833. The number of ether oxygens (including phenoxy) is 1. The SMILES string of the molecule is COc1ccc(CC(=O)C2=NCCC3=CC4=CC(=O)CCC4NC32)cc1. The van der Waals surface area contributed by atoms with Crippen molar-refractivity contribution in [2.45, 2.75) is 37.8 Å². The number of carbonyl (C=O) groups excluding carboxylic acids is 2. The largest absolute Gasteiger partial charge is 0.497 e. The molecule has 0 radical (unpaired) electrons. The number of Topliss-reactive ketones (excluding diaryl/α,β-unsaturated/α-hetero) is 1. The lowest BCUT2D eigenvalue weighted by Gasteiger charge is -2.37. The third-order valence-corrected chi connectivity index (χ3v) is 5.27. The molecule has 0 saturated carbocycles. The van der Waals surface area contributed by atoms with Crippen LogP contribution in [-0.2, 0) is 16.0 Å². The quantitative estimate of drug-likeness (QED) is 0.904. The number of hydrogen-bond donors (Lipinski definition) is 1. The molecule has 2 atom stereocenters. The van der Waals surface area contributed by atoms with E-state index in [0.717, 1.165) is 35.3 Å². The Labute approximate surface area is 152 Å². The number of carbonyl (C=O) groups is 2. The minimum absolute atomic E-state index is 0.0533. The minimum atomic E-state index is -0.121. The zero-order valence-electron chi connectivity index (χ0n) is 14.8. The third kappa shape index (κ3) is 3.27. The molecule has 5 heteroatoms. The van der Waals surface area contributed by atoms with Gasteiger partial charge in [-0.2, -0.15) is 0 Å². The van der Waals surface area contributed by atoms with Crippen LogP contribution in [0.1, 0.15) is 24.8 Å².